The van der Waals surface area contributed by atoms with Crippen molar-refractivity contribution in [3.63, 3.8) is 0 Å². The molecule has 4 rings (SSSR count). The summed E-state index contributed by atoms with van der Waals surface area (Å²) in [6, 6.07) is 13.7. The van der Waals surface area contributed by atoms with Crippen LogP contribution in [-0.4, -0.2) is 55.4 Å². The normalized spacial score (nSPS) is 13.8. The minimum Gasteiger partial charge on any atom is -0.484 e. The quantitative estimate of drug-likeness (QED) is 0.613. The molecule has 0 saturated carbocycles. The second kappa shape index (κ2) is 9.01. The molecule has 1 N–H and O–H groups in total. The Morgan fingerprint density at radius 3 is 2.61 bits per heavy atom. The number of ether oxygens (including phenoxy) is 2. The number of para-hydroxylation sites is 1. The number of furan rings is 1. The number of fused-ring (bicyclic) bond motifs is 1. The van der Waals surface area contributed by atoms with Crippen molar-refractivity contribution in [2.75, 3.05) is 38.2 Å². The van der Waals surface area contributed by atoms with Crippen LogP contribution in [0.3, 0.4) is 0 Å². The van der Waals surface area contributed by atoms with Crippen molar-refractivity contribution < 1.29 is 28.3 Å². The summed E-state index contributed by atoms with van der Waals surface area (Å²) in [6.07, 6.45) is 0. The average molecular weight is 422 g/mol. The van der Waals surface area contributed by atoms with Gasteiger partial charge >= 0.3 is 0 Å². The van der Waals surface area contributed by atoms with Gasteiger partial charge in [0.05, 0.1) is 13.2 Å². The number of ketones is 1. The maximum atomic E-state index is 13.0. The van der Waals surface area contributed by atoms with Gasteiger partial charge in [-0.2, -0.15) is 0 Å². The Morgan fingerprint density at radius 2 is 1.84 bits per heavy atom. The van der Waals surface area contributed by atoms with E-state index in [0.717, 1.165) is 0 Å². The molecular weight excluding hydrogens is 400 g/mol. The molecule has 1 aromatic heterocycles. The molecule has 8 nitrogen and oxygen atoms in total. The van der Waals surface area contributed by atoms with Gasteiger partial charge in [-0.3, -0.25) is 14.4 Å². The van der Waals surface area contributed by atoms with E-state index in [9.17, 15) is 14.4 Å². The van der Waals surface area contributed by atoms with Gasteiger partial charge in [-0.15, -0.1) is 0 Å². The monoisotopic (exact) mass is 422 g/mol. The van der Waals surface area contributed by atoms with Crippen LogP contribution < -0.4 is 10.1 Å². The SMILES string of the molecule is CC(=O)c1cccc(OCC(=O)Nc2c(C(=O)N3CCOCC3)oc3ccccc23)c1. The molecule has 3 aromatic rings. The molecule has 1 fully saturated rings. The van der Waals surface area contributed by atoms with Crippen molar-refractivity contribution in [1.29, 1.82) is 0 Å². The van der Waals surface area contributed by atoms with E-state index in [1.807, 2.05) is 0 Å². The number of hydrogen-bond donors (Lipinski definition) is 1. The van der Waals surface area contributed by atoms with Crippen LogP contribution in [0.25, 0.3) is 11.0 Å². The second-order valence-corrected chi connectivity index (χ2v) is 7.13. The summed E-state index contributed by atoms with van der Waals surface area (Å²) in [7, 11) is 0. The van der Waals surface area contributed by atoms with Gasteiger partial charge in [-0.25, -0.2) is 0 Å². The van der Waals surface area contributed by atoms with Crippen molar-refractivity contribution in [3.8, 4) is 5.75 Å². The lowest BCUT2D eigenvalue weighted by Gasteiger charge is -2.26. The highest BCUT2D eigenvalue weighted by molar-refractivity contribution is 6.11. The number of carbonyl (C=O) groups is 3. The molecule has 160 valence electrons. The summed E-state index contributed by atoms with van der Waals surface area (Å²) >= 11 is 0. The van der Waals surface area contributed by atoms with Crippen LogP contribution in [0.15, 0.2) is 52.9 Å². The largest absolute Gasteiger partial charge is 0.484 e. The Hall–Kier alpha value is -3.65. The van der Waals surface area contributed by atoms with Crippen molar-refractivity contribution >= 4 is 34.3 Å². The average Bonchev–Trinajstić information content (AvgIpc) is 3.16. The highest BCUT2D eigenvalue weighted by Crippen LogP contribution is 2.32. The van der Waals surface area contributed by atoms with E-state index in [-0.39, 0.29) is 24.1 Å². The minimum absolute atomic E-state index is 0.0787. The third kappa shape index (κ3) is 4.59. The summed E-state index contributed by atoms with van der Waals surface area (Å²) in [5.41, 5.74) is 1.32. The topological polar surface area (TPSA) is 98.1 Å². The number of hydrogen-bond acceptors (Lipinski definition) is 6. The van der Waals surface area contributed by atoms with Crippen LogP contribution in [0.1, 0.15) is 27.8 Å². The van der Waals surface area contributed by atoms with Gasteiger partial charge in [0.15, 0.2) is 12.4 Å². The minimum atomic E-state index is -0.448. The van der Waals surface area contributed by atoms with E-state index >= 15 is 0 Å². The van der Waals surface area contributed by atoms with Crippen LogP contribution in [0.2, 0.25) is 0 Å². The number of Topliss-reactive ketones (excluding diaryl/α,β-unsaturated/α-hetero) is 1. The van der Waals surface area contributed by atoms with Crippen molar-refractivity contribution in [1.82, 2.24) is 4.90 Å². The van der Waals surface area contributed by atoms with Crippen LogP contribution >= 0.6 is 0 Å². The summed E-state index contributed by atoms with van der Waals surface area (Å²) in [6.45, 7) is 3.01. The molecule has 2 aromatic carbocycles. The van der Waals surface area contributed by atoms with Crippen LogP contribution in [0.4, 0.5) is 5.69 Å². The highest BCUT2D eigenvalue weighted by atomic mass is 16.5. The number of amides is 2. The molecule has 1 saturated heterocycles. The van der Waals surface area contributed by atoms with Crippen molar-refractivity contribution in [2.24, 2.45) is 0 Å². The van der Waals surface area contributed by atoms with Crippen LogP contribution in [0, 0.1) is 0 Å². The Balaban J connectivity index is 1.53. The summed E-state index contributed by atoms with van der Waals surface area (Å²) in [5, 5.41) is 3.39. The van der Waals surface area contributed by atoms with Gasteiger partial charge in [-0.1, -0.05) is 24.3 Å². The number of benzene rings is 2. The zero-order valence-corrected chi connectivity index (χ0v) is 17.1. The van der Waals surface area contributed by atoms with Crippen LogP contribution in [0.5, 0.6) is 5.75 Å². The molecule has 1 aliphatic heterocycles. The van der Waals surface area contributed by atoms with Gasteiger partial charge in [-0.05, 0) is 31.2 Å². The maximum absolute atomic E-state index is 13.0. The lowest BCUT2D eigenvalue weighted by Crippen LogP contribution is -2.40. The molecule has 0 aliphatic carbocycles. The standard InChI is InChI=1S/C23H22N2O6/c1-15(26)16-5-4-6-17(13-16)30-14-20(27)24-21-18-7-2-3-8-19(18)31-22(21)23(28)25-9-11-29-12-10-25/h2-8,13H,9-12,14H2,1H3,(H,24,27). The lowest BCUT2D eigenvalue weighted by atomic mass is 10.1. The van der Waals surface area contributed by atoms with E-state index in [2.05, 4.69) is 5.32 Å². The number of rotatable bonds is 6. The molecule has 0 spiro atoms. The van der Waals surface area contributed by atoms with Crippen molar-refractivity contribution in [3.05, 3.63) is 59.9 Å². The number of nitrogens with one attached hydrogen (secondary N) is 1. The first-order valence-corrected chi connectivity index (χ1v) is 9.95. The number of nitrogens with zero attached hydrogens (tertiary/aromatic N) is 1. The van der Waals surface area contributed by atoms with E-state index in [4.69, 9.17) is 13.9 Å². The second-order valence-electron chi connectivity index (χ2n) is 7.13. The van der Waals surface area contributed by atoms with Gasteiger partial charge in [0.25, 0.3) is 11.8 Å². The summed E-state index contributed by atoms with van der Waals surface area (Å²) in [4.78, 5) is 38.8. The molecule has 0 radical (unpaired) electrons. The predicted octanol–water partition coefficient (Wildman–Crippen LogP) is 3.13. The summed E-state index contributed by atoms with van der Waals surface area (Å²) < 4.78 is 16.6. The Bertz CT molecular complexity index is 1130. The first kappa shape index (κ1) is 20.6. The Morgan fingerprint density at radius 1 is 1.06 bits per heavy atom. The van der Waals surface area contributed by atoms with E-state index in [1.165, 1.54) is 6.92 Å². The Kier molecular flexibility index (Phi) is 5.99. The van der Waals surface area contributed by atoms with E-state index in [1.54, 1.807) is 53.4 Å². The summed E-state index contributed by atoms with van der Waals surface area (Å²) in [5.74, 6) is -0.355. The molecule has 2 heterocycles. The zero-order chi connectivity index (χ0) is 21.8. The molecule has 0 atom stereocenters. The fourth-order valence-electron chi connectivity index (χ4n) is 3.36. The van der Waals surface area contributed by atoms with E-state index in [0.29, 0.717) is 54.3 Å². The maximum Gasteiger partial charge on any atom is 0.291 e. The molecule has 8 heteroatoms. The molecule has 1 aliphatic rings. The molecule has 0 unspecified atom stereocenters. The van der Waals surface area contributed by atoms with Gasteiger partial charge in [0, 0.05) is 24.0 Å². The first-order chi connectivity index (χ1) is 15.0. The Labute approximate surface area is 178 Å². The molecule has 31 heavy (non-hydrogen) atoms. The lowest BCUT2D eigenvalue weighted by molar-refractivity contribution is -0.118. The molecule has 0 bridgehead atoms. The number of carbonyl (C=O) groups excluding carboxylic acids is 3. The first-order valence-electron chi connectivity index (χ1n) is 9.95. The van der Waals surface area contributed by atoms with Gasteiger partial charge in [0.2, 0.25) is 5.76 Å². The van der Waals surface area contributed by atoms with Gasteiger partial charge in [0.1, 0.15) is 17.0 Å². The smallest absolute Gasteiger partial charge is 0.291 e. The zero-order valence-electron chi connectivity index (χ0n) is 17.1. The van der Waals surface area contributed by atoms with Crippen LogP contribution in [-0.2, 0) is 9.53 Å². The number of morpholine rings is 1. The fraction of sp³-hybridized carbons (Fsp3) is 0.261. The van der Waals surface area contributed by atoms with E-state index < -0.39 is 5.91 Å². The number of anilines is 1. The third-order valence-corrected chi connectivity index (χ3v) is 4.96. The molecule has 2 amide bonds. The highest BCUT2D eigenvalue weighted by Gasteiger charge is 2.27. The van der Waals surface area contributed by atoms with Crippen molar-refractivity contribution in [2.45, 2.75) is 6.92 Å². The predicted molar refractivity (Wildman–Crippen MR) is 114 cm³/mol. The third-order valence-electron chi connectivity index (χ3n) is 4.96. The fourth-order valence-corrected chi connectivity index (χ4v) is 3.36. The van der Waals surface area contributed by atoms with Gasteiger partial charge < -0.3 is 24.1 Å². The molecular formula is C23H22N2O6.